The van der Waals surface area contributed by atoms with Gasteiger partial charge in [0.1, 0.15) is 12.1 Å². The smallest absolute Gasteiger partial charge is 0.323 e. The summed E-state index contributed by atoms with van der Waals surface area (Å²) in [6, 6.07) is -0.0387. The fourth-order valence-electron chi connectivity index (χ4n) is 3.08. The van der Waals surface area contributed by atoms with Crippen molar-refractivity contribution in [2.45, 2.75) is 70.4 Å². The van der Waals surface area contributed by atoms with E-state index in [9.17, 15) is 4.79 Å². The van der Waals surface area contributed by atoms with Crippen LogP contribution in [0.15, 0.2) is 0 Å². The topological polar surface area (TPSA) is 38.3 Å². The molecular weight excluding hydrogens is 214 g/mol. The second-order valence-corrected chi connectivity index (χ2v) is 5.43. The van der Waals surface area contributed by atoms with Crippen molar-refractivity contribution in [1.29, 1.82) is 0 Å². The third-order valence-corrected chi connectivity index (χ3v) is 4.23. The van der Waals surface area contributed by atoms with Gasteiger partial charge in [0.25, 0.3) is 0 Å². The number of hydrogen-bond donors (Lipinski definition) is 1. The van der Waals surface area contributed by atoms with Crippen molar-refractivity contribution in [3.05, 3.63) is 0 Å². The largest absolute Gasteiger partial charge is 0.461 e. The molecule has 98 valence electrons. The van der Waals surface area contributed by atoms with E-state index < -0.39 is 0 Å². The van der Waals surface area contributed by atoms with Crippen LogP contribution in [0.25, 0.3) is 0 Å². The van der Waals surface area contributed by atoms with Gasteiger partial charge in [-0.3, -0.25) is 4.79 Å². The fraction of sp³-hybridized carbons (Fsp3) is 0.929. The maximum absolute atomic E-state index is 12.0. The molecule has 1 saturated heterocycles. The number of rotatable bonds is 3. The van der Waals surface area contributed by atoms with E-state index in [-0.39, 0.29) is 18.1 Å². The van der Waals surface area contributed by atoms with Crippen LogP contribution >= 0.6 is 0 Å². The van der Waals surface area contributed by atoms with Crippen LogP contribution in [0.4, 0.5) is 0 Å². The SMILES string of the molecule is CCC1CCCCC1OC(=O)C1CCCCN1. The molecule has 17 heavy (non-hydrogen) atoms. The summed E-state index contributed by atoms with van der Waals surface area (Å²) in [4.78, 5) is 12.0. The average Bonchev–Trinajstić information content (AvgIpc) is 2.40. The molecule has 1 aliphatic carbocycles. The van der Waals surface area contributed by atoms with Gasteiger partial charge in [0, 0.05) is 0 Å². The molecule has 3 heteroatoms. The van der Waals surface area contributed by atoms with E-state index in [0.717, 1.165) is 32.2 Å². The van der Waals surface area contributed by atoms with Crippen LogP contribution in [0.1, 0.15) is 58.3 Å². The van der Waals surface area contributed by atoms with Crippen molar-refractivity contribution in [1.82, 2.24) is 5.32 Å². The van der Waals surface area contributed by atoms with Gasteiger partial charge in [0.05, 0.1) is 0 Å². The first-order valence-corrected chi connectivity index (χ1v) is 7.25. The van der Waals surface area contributed by atoms with Crippen LogP contribution in [0.5, 0.6) is 0 Å². The van der Waals surface area contributed by atoms with E-state index in [1.54, 1.807) is 0 Å². The van der Waals surface area contributed by atoms with E-state index in [1.165, 1.54) is 25.7 Å². The predicted molar refractivity (Wildman–Crippen MR) is 67.8 cm³/mol. The summed E-state index contributed by atoms with van der Waals surface area (Å²) in [5, 5.41) is 3.27. The second-order valence-electron chi connectivity index (χ2n) is 5.43. The van der Waals surface area contributed by atoms with E-state index >= 15 is 0 Å². The van der Waals surface area contributed by atoms with Crippen LogP contribution in [-0.2, 0) is 9.53 Å². The van der Waals surface area contributed by atoms with Gasteiger partial charge in [-0.1, -0.05) is 19.8 Å². The standard InChI is InChI=1S/C14H25NO2/c1-2-11-7-3-4-9-13(11)17-14(16)12-8-5-6-10-15-12/h11-13,15H,2-10H2,1H3. The molecule has 2 aliphatic rings. The molecule has 1 heterocycles. The molecule has 0 spiro atoms. The van der Waals surface area contributed by atoms with Crippen LogP contribution < -0.4 is 5.32 Å². The molecule has 0 aromatic rings. The number of carbonyl (C=O) groups excluding carboxylic acids is 1. The average molecular weight is 239 g/mol. The van der Waals surface area contributed by atoms with E-state index in [4.69, 9.17) is 4.74 Å². The van der Waals surface area contributed by atoms with Crippen LogP contribution in [-0.4, -0.2) is 24.7 Å². The van der Waals surface area contributed by atoms with Crippen molar-refractivity contribution in [2.75, 3.05) is 6.54 Å². The van der Waals surface area contributed by atoms with E-state index in [1.807, 2.05) is 0 Å². The Kier molecular flexibility index (Phi) is 4.84. The minimum absolute atomic E-state index is 0.00458. The first-order valence-electron chi connectivity index (χ1n) is 7.25. The van der Waals surface area contributed by atoms with Crippen molar-refractivity contribution in [2.24, 2.45) is 5.92 Å². The Morgan fingerprint density at radius 1 is 1.18 bits per heavy atom. The number of hydrogen-bond acceptors (Lipinski definition) is 3. The predicted octanol–water partition coefficient (Wildman–Crippen LogP) is 2.64. The zero-order chi connectivity index (χ0) is 12.1. The lowest BCUT2D eigenvalue weighted by Crippen LogP contribution is -2.44. The van der Waals surface area contributed by atoms with Crippen molar-refractivity contribution < 1.29 is 9.53 Å². The van der Waals surface area contributed by atoms with Crippen molar-refractivity contribution >= 4 is 5.97 Å². The highest BCUT2D eigenvalue weighted by Gasteiger charge is 2.30. The molecule has 3 unspecified atom stereocenters. The highest BCUT2D eigenvalue weighted by atomic mass is 16.5. The molecule has 0 bridgehead atoms. The summed E-state index contributed by atoms with van der Waals surface area (Å²) in [6.45, 7) is 3.16. The molecule has 0 aromatic heterocycles. The molecule has 3 atom stereocenters. The van der Waals surface area contributed by atoms with Gasteiger partial charge in [-0.2, -0.15) is 0 Å². The quantitative estimate of drug-likeness (QED) is 0.769. The lowest BCUT2D eigenvalue weighted by atomic mass is 9.84. The summed E-state index contributed by atoms with van der Waals surface area (Å²) >= 11 is 0. The van der Waals surface area contributed by atoms with E-state index in [2.05, 4.69) is 12.2 Å². The van der Waals surface area contributed by atoms with Crippen LogP contribution in [0.3, 0.4) is 0 Å². The highest BCUT2D eigenvalue weighted by molar-refractivity contribution is 5.76. The molecule has 1 aliphatic heterocycles. The molecule has 0 aromatic carbocycles. The maximum atomic E-state index is 12.0. The lowest BCUT2D eigenvalue weighted by Gasteiger charge is -2.32. The van der Waals surface area contributed by atoms with Gasteiger partial charge in [0.2, 0.25) is 0 Å². The molecular formula is C14H25NO2. The first kappa shape index (κ1) is 12.9. The summed E-state index contributed by atoms with van der Waals surface area (Å²) in [5.41, 5.74) is 0. The first-order chi connectivity index (χ1) is 8.31. The van der Waals surface area contributed by atoms with Gasteiger partial charge < -0.3 is 10.1 Å². The summed E-state index contributed by atoms with van der Waals surface area (Å²) < 4.78 is 5.73. The molecule has 0 radical (unpaired) electrons. The molecule has 2 fully saturated rings. The number of esters is 1. The van der Waals surface area contributed by atoms with Crippen LogP contribution in [0, 0.1) is 5.92 Å². The summed E-state index contributed by atoms with van der Waals surface area (Å²) in [6.07, 6.45) is 9.41. The number of nitrogens with one attached hydrogen (secondary N) is 1. The third kappa shape index (κ3) is 3.44. The molecule has 1 N–H and O–H groups in total. The summed E-state index contributed by atoms with van der Waals surface area (Å²) in [5.74, 6) is 0.589. The van der Waals surface area contributed by atoms with Gasteiger partial charge in [0.15, 0.2) is 0 Å². The number of piperidine rings is 1. The zero-order valence-corrected chi connectivity index (χ0v) is 10.9. The fourth-order valence-corrected chi connectivity index (χ4v) is 3.08. The Balaban J connectivity index is 1.83. The Bertz CT molecular complexity index is 249. The Labute approximate surface area is 104 Å². The molecule has 3 nitrogen and oxygen atoms in total. The Morgan fingerprint density at radius 2 is 1.94 bits per heavy atom. The lowest BCUT2D eigenvalue weighted by molar-refractivity contribution is -0.157. The minimum Gasteiger partial charge on any atom is -0.461 e. The van der Waals surface area contributed by atoms with Crippen LogP contribution in [0.2, 0.25) is 0 Å². The Hall–Kier alpha value is -0.570. The molecule has 0 amide bonds. The zero-order valence-electron chi connectivity index (χ0n) is 10.9. The van der Waals surface area contributed by atoms with Crippen molar-refractivity contribution in [3.63, 3.8) is 0 Å². The Morgan fingerprint density at radius 3 is 2.65 bits per heavy atom. The van der Waals surface area contributed by atoms with E-state index in [0.29, 0.717) is 5.92 Å². The summed E-state index contributed by atoms with van der Waals surface area (Å²) in [7, 11) is 0. The molecule has 1 saturated carbocycles. The van der Waals surface area contributed by atoms with Gasteiger partial charge in [-0.15, -0.1) is 0 Å². The molecule has 2 rings (SSSR count). The van der Waals surface area contributed by atoms with Gasteiger partial charge >= 0.3 is 5.97 Å². The normalized spacial score (nSPS) is 34.3. The minimum atomic E-state index is -0.0387. The van der Waals surface area contributed by atoms with Gasteiger partial charge in [-0.25, -0.2) is 0 Å². The third-order valence-electron chi connectivity index (χ3n) is 4.23. The van der Waals surface area contributed by atoms with Crippen molar-refractivity contribution in [3.8, 4) is 0 Å². The van der Waals surface area contributed by atoms with Gasteiger partial charge in [-0.05, 0) is 51.0 Å². The maximum Gasteiger partial charge on any atom is 0.323 e. The number of ether oxygens (including phenoxy) is 1. The number of carbonyl (C=O) groups is 1. The second kappa shape index (κ2) is 6.39. The monoisotopic (exact) mass is 239 g/mol. The highest BCUT2D eigenvalue weighted by Crippen LogP contribution is 2.29.